The summed E-state index contributed by atoms with van der Waals surface area (Å²) in [6, 6.07) is 8.68. The summed E-state index contributed by atoms with van der Waals surface area (Å²) in [5, 5.41) is 2.62. The highest BCUT2D eigenvalue weighted by Gasteiger charge is 2.29. The van der Waals surface area contributed by atoms with Crippen LogP contribution in [0.1, 0.15) is 31.7 Å². The fourth-order valence-corrected chi connectivity index (χ4v) is 3.84. The number of alkyl carbamates (subject to hydrolysis) is 1. The second-order valence-corrected chi connectivity index (χ2v) is 7.86. The first-order valence-electron chi connectivity index (χ1n) is 8.36. The van der Waals surface area contributed by atoms with E-state index in [9.17, 15) is 9.59 Å². The molecular weight excluding hydrogens is 338 g/mol. The molecule has 0 aromatic heterocycles. The van der Waals surface area contributed by atoms with Crippen LogP contribution in [0.2, 0.25) is 0 Å². The highest BCUT2D eigenvalue weighted by atomic mass is 32.2. The Bertz CT molecular complexity index is 605. The molecule has 6 heteroatoms. The summed E-state index contributed by atoms with van der Waals surface area (Å²) in [4.78, 5) is 24.0. The molecule has 0 heterocycles. The van der Waals surface area contributed by atoms with Crippen LogP contribution in [0.15, 0.2) is 42.5 Å². The van der Waals surface area contributed by atoms with Crippen LogP contribution in [-0.2, 0) is 20.9 Å². The monoisotopic (exact) mass is 363 g/mol. The Morgan fingerprint density at radius 3 is 2.68 bits per heavy atom. The Balaban J connectivity index is 1.85. The van der Waals surface area contributed by atoms with E-state index in [4.69, 9.17) is 9.47 Å². The second kappa shape index (κ2) is 9.51. The van der Waals surface area contributed by atoms with Gasteiger partial charge in [-0.25, -0.2) is 9.59 Å². The summed E-state index contributed by atoms with van der Waals surface area (Å²) in [6.07, 6.45) is 6.79. The van der Waals surface area contributed by atoms with Crippen LogP contribution in [-0.4, -0.2) is 35.7 Å². The lowest BCUT2D eigenvalue weighted by atomic mass is 9.95. The van der Waals surface area contributed by atoms with Crippen LogP contribution >= 0.6 is 11.8 Å². The van der Waals surface area contributed by atoms with Gasteiger partial charge in [-0.3, -0.25) is 0 Å². The van der Waals surface area contributed by atoms with Crippen LogP contribution in [0, 0.1) is 0 Å². The number of carbonyl (C=O) groups is 2. The van der Waals surface area contributed by atoms with Crippen LogP contribution < -0.4 is 5.32 Å². The van der Waals surface area contributed by atoms with Crippen molar-refractivity contribution in [3.8, 4) is 0 Å². The number of thioether (sulfide) groups is 1. The third-order valence-electron chi connectivity index (χ3n) is 4.15. The van der Waals surface area contributed by atoms with Crippen molar-refractivity contribution in [1.82, 2.24) is 5.32 Å². The van der Waals surface area contributed by atoms with Gasteiger partial charge >= 0.3 is 12.1 Å². The van der Waals surface area contributed by atoms with Gasteiger partial charge in [0.2, 0.25) is 0 Å². The number of rotatable bonds is 7. The minimum Gasteiger partial charge on any atom is -0.467 e. The lowest BCUT2D eigenvalue weighted by Gasteiger charge is -2.31. The van der Waals surface area contributed by atoms with Crippen LogP contribution in [0.5, 0.6) is 0 Å². The highest BCUT2D eigenvalue weighted by Crippen LogP contribution is 2.37. The largest absolute Gasteiger partial charge is 0.467 e. The van der Waals surface area contributed by atoms with Crippen LogP contribution in [0.25, 0.3) is 0 Å². The van der Waals surface area contributed by atoms with Gasteiger partial charge in [0.1, 0.15) is 12.6 Å². The van der Waals surface area contributed by atoms with Crippen molar-refractivity contribution in [2.45, 2.75) is 43.6 Å². The molecule has 0 spiro atoms. The van der Waals surface area contributed by atoms with Crippen molar-refractivity contribution in [1.29, 1.82) is 0 Å². The zero-order chi connectivity index (χ0) is 18.1. The summed E-state index contributed by atoms with van der Waals surface area (Å²) in [5.41, 5.74) is 0.892. The van der Waals surface area contributed by atoms with Gasteiger partial charge < -0.3 is 14.8 Å². The number of amides is 1. The van der Waals surface area contributed by atoms with E-state index in [0.717, 1.165) is 24.8 Å². The average molecular weight is 363 g/mol. The fourth-order valence-electron chi connectivity index (χ4n) is 2.57. The molecule has 1 amide bonds. The molecule has 0 saturated carbocycles. The number of ether oxygens (including phenoxy) is 2. The molecule has 1 aromatic rings. The molecule has 1 aromatic carbocycles. The van der Waals surface area contributed by atoms with Crippen molar-refractivity contribution < 1.29 is 19.1 Å². The van der Waals surface area contributed by atoms with Crippen molar-refractivity contribution in [3.63, 3.8) is 0 Å². The quantitative estimate of drug-likeness (QED) is 0.591. The molecule has 0 radical (unpaired) electrons. The van der Waals surface area contributed by atoms with E-state index < -0.39 is 18.1 Å². The zero-order valence-electron chi connectivity index (χ0n) is 14.7. The van der Waals surface area contributed by atoms with Crippen molar-refractivity contribution in [3.05, 3.63) is 48.0 Å². The van der Waals surface area contributed by atoms with E-state index in [-0.39, 0.29) is 11.4 Å². The van der Waals surface area contributed by atoms with E-state index in [0.29, 0.717) is 5.75 Å². The maximum atomic E-state index is 12.0. The Hall–Kier alpha value is -1.95. The summed E-state index contributed by atoms with van der Waals surface area (Å²) < 4.78 is 10.1. The van der Waals surface area contributed by atoms with Gasteiger partial charge in [-0.1, -0.05) is 49.4 Å². The van der Waals surface area contributed by atoms with E-state index in [1.165, 1.54) is 7.11 Å². The van der Waals surface area contributed by atoms with Crippen LogP contribution in [0.3, 0.4) is 0 Å². The SMILES string of the molecule is COC(=O)[C@H](CSC1(C)CC=CCC1)NC(=O)OCc1ccccc1. The van der Waals surface area contributed by atoms with Crippen molar-refractivity contribution >= 4 is 23.8 Å². The molecule has 0 aliphatic heterocycles. The van der Waals surface area contributed by atoms with E-state index >= 15 is 0 Å². The normalized spacial score (nSPS) is 20.6. The molecule has 2 rings (SSSR count). The first-order chi connectivity index (χ1) is 12.0. The molecule has 0 fully saturated rings. The van der Waals surface area contributed by atoms with Gasteiger partial charge in [-0.15, -0.1) is 0 Å². The summed E-state index contributed by atoms with van der Waals surface area (Å²) in [5.74, 6) is -0.00335. The fraction of sp³-hybridized carbons (Fsp3) is 0.474. The first-order valence-corrected chi connectivity index (χ1v) is 9.35. The highest BCUT2D eigenvalue weighted by molar-refractivity contribution is 8.00. The number of allylic oxidation sites excluding steroid dienone is 2. The average Bonchev–Trinajstić information content (AvgIpc) is 2.64. The van der Waals surface area contributed by atoms with Crippen molar-refractivity contribution in [2.75, 3.05) is 12.9 Å². The molecule has 2 atom stereocenters. The topological polar surface area (TPSA) is 64.6 Å². The van der Waals surface area contributed by atoms with Gasteiger partial charge in [0.05, 0.1) is 7.11 Å². The lowest BCUT2D eigenvalue weighted by molar-refractivity contribution is -0.142. The zero-order valence-corrected chi connectivity index (χ0v) is 15.5. The standard InChI is InChI=1S/C19H25NO4S/c1-19(11-7-4-8-12-19)25-14-16(17(21)23-2)20-18(22)24-13-15-9-5-3-6-10-15/h3-7,9-10,16H,8,11-14H2,1-2H3,(H,20,22)/t16-,19?/m0/s1. The van der Waals surface area contributed by atoms with E-state index in [1.807, 2.05) is 30.3 Å². The number of carbonyl (C=O) groups excluding carboxylic acids is 2. The number of hydrogen-bond donors (Lipinski definition) is 1. The predicted molar refractivity (Wildman–Crippen MR) is 99.4 cm³/mol. The molecule has 1 unspecified atom stereocenters. The van der Waals surface area contributed by atoms with Gasteiger partial charge in [0.15, 0.2) is 0 Å². The lowest BCUT2D eigenvalue weighted by Crippen LogP contribution is -2.44. The maximum absolute atomic E-state index is 12.0. The van der Waals surface area contributed by atoms with E-state index in [2.05, 4.69) is 24.4 Å². The minimum absolute atomic E-state index is 0.0800. The molecule has 136 valence electrons. The Morgan fingerprint density at radius 1 is 1.28 bits per heavy atom. The number of nitrogens with one attached hydrogen (secondary N) is 1. The Kier molecular flexibility index (Phi) is 7.37. The molecule has 25 heavy (non-hydrogen) atoms. The maximum Gasteiger partial charge on any atom is 0.408 e. The molecule has 1 N–H and O–H groups in total. The van der Waals surface area contributed by atoms with E-state index in [1.54, 1.807) is 11.8 Å². The smallest absolute Gasteiger partial charge is 0.408 e. The number of hydrogen-bond acceptors (Lipinski definition) is 5. The minimum atomic E-state index is -0.721. The number of methoxy groups -OCH3 is 1. The summed E-state index contributed by atoms with van der Waals surface area (Å²) >= 11 is 1.69. The third-order valence-corrected chi connectivity index (χ3v) is 5.71. The number of esters is 1. The third kappa shape index (κ3) is 6.46. The summed E-state index contributed by atoms with van der Waals surface area (Å²) in [6.45, 7) is 2.35. The molecular formula is C19H25NO4S. The van der Waals surface area contributed by atoms with Gasteiger partial charge in [0.25, 0.3) is 0 Å². The molecule has 0 saturated heterocycles. The van der Waals surface area contributed by atoms with Gasteiger partial charge in [0, 0.05) is 10.5 Å². The van der Waals surface area contributed by atoms with Crippen LogP contribution in [0.4, 0.5) is 4.79 Å². The van der Waals surface area contributed by atoms with Gasteiger partial charge in [-0.2, -0.15) is 11.8 Å². The number of benzene rings is 1. The Morgan fingerprint density at radius 2 is 2.04 bits per heavy atom. The van der Waals surface area contributed by atoms with Gasteiger partial charge in [-0.05, 0) is 24.8 Å². The second-order valence-electron chi connectivity index (χ2n) is 6.26. The van der Waals surface area contributed by atoms with Crippen molar-refractivity contribution in [2.24, 2.45) is 0 Å². The molecule has 5 nitrogen and oxygen atoms in total. The molecule has 0 bridgehead atoms. The molecule has 1 aliphatic rings. The Labute approximate surface area is 153 Å². The first kappa shape index (κ1) is 19.4. The molecule has 1 aliphatic carbocycles. The summed E-state index contributed by atoms with van der Waals surface area (Å²) in [7, 11) is 1.32. The predicted octanol–water partition coefficient (Wildman–Crippen LogP) is 3.69.